The third-order valence-corrected chi connectivity index (χ3v) is 5.42. The number of hydrogen-bond acceptors (Lipinski definition) is 7. The van der Waals surface area contributed by atoms with Crippen molar-refractivity contribution >= 4 is 23.1 Å². The van der Waals surface area contributed by atoms with Crippen LogP contribution in [0.25, 0.3) is 5.76 Å². The molecule has 3 heterocycles. The van der Waals surface area contributed by atoms with E-state index < -0.39 is 17.7 Å². The summed E-state index contributed by atoms with van der Waals surface area (Å²) in [5, 5.41) is 11.2. The molecule has 2 aromatic carbocycles. The first-order valence-electron chi connectivity index (χ1n) is 9.83. The molecular weight excluding hydrogens is 412 g/mol. The lowest BCUT2D eigenvalue weighted by atomic mass is 9.96. The standard InChI is InChI=1S/C24H18N2O6/c1-30-17-6-2-5-16(11-17)26-21(15-4-3-9-25-12-15)20(23(28)24(26)29)22(27)14-7-8-18-19(10-14)32-13-31-18/h2-12,21,27H,13H2,1H3/b22-20-. The summed E-state index contributed by atoms with van der Waals surface area (Å²) in [4.78, 5) is 31.8. The van der Waals surface area contributed by atoms with Crippen LogP contribution in [0.4, 0.5) is 5.69 Å². The van der Waals surface area contributed by atoms with E-state index in [1.807, 2.05) is 0 Å². The number of carbonyl (C=O) groups excluding carboxylic acids is 2. The first-order valence-corrected chi connectivity index (χ1v) is 9.83. The largest absolute Gasteiger partial charge is 0.507 e. The summed E-state index contributed by atoms with van der Waals surface area (Å²) in [6, 6.07) is 14.3. The van der Waals surface area contributed by atoms with Gasteiger partial charge in [0, 0.05) is 29.7 Å². The molecule has 1 saturated heterocycles. The molecule has 0 aliphatic carbocycles. The van der Waals surface area contributed by atoms with E-state index in [1.54, 1.807) is 67.0 Å². The van der Waals surface area contributed by atoms with Crippen LogP contribution in [0.5, 0.6) is 17.2 Å². The number of aromatic nitrogens is 1. The lowest BCUT2D eigenvalue weighted by Gasteiger charge is -2.25. The molecule has 1 atom stereocenters. The maximum absolute atomic E-state index is 13.2. The maximum Gasteiger partial charge on any atom is 0.300 e. The minimum absolute atomic E-state index is 0.0373. The van der Waals surface area contributed by atoms with Crippen molar-refractivity contribution < 1.29 is 28.9 Å². The van der Waals surface area contributed by atoms with Gasteiger partial charge in [-0.05, 0) is 42.0 Å². The van der Waals surface area contributed by atoms with E-state index >= 15 is 0 Å². The Bertz CT molecular complexity index is 1250. The van der Waals surface area contributed by atoms with Gasteiger partial charge in [-0.25, -0.2) is 0 Å². The molecule has 3 aromatic rings. The number of ketones is 1. The molecule has 2 aliphatic rings. The fraction of sp³-hybridized carbons (Fsp3) is 0.125. The Morgan fingerprint density at radius 2 is 1.94 bits per heavy atom. The predicted octanol–water partition coefficient (Wildman–Crippen LogP) is 3.45. The van der Waals surface area contributed by atoms with Gasteiger partial charge in [-0.3, -0.25) is 19.5 Å². The highest BCUT2D eigenvalue weighted by atomic mass is 16.7. The van der Waals surface area contributed by atoms with Crippen LogP contribution in [0.15, 0.2) is 72.6 Å². The average Bonchev–Trinajstić information content (AvgIpc) is 3.41. The van der Waals surface area contributed by atoms with Gasteiger partial charge in [0.25, 0.3) is 11.7 Å². The van der Waals surface area contributed by atoms with Gasteiger partial charge in [-0.15, -0.1) is 0 Å². The number of hydrogen-bond donors (Lipinski definition) is 1. The Hall–Kier alpha value is -4.33. The number of carbonyl (C=O) groups is 2. The topological polar surface area (TPSA) is 98.2 Å². The number of ether oxygens (including phenoxy) is 3. The van der Waals surface area contributed by atoms with Gasteiger partial charge in [-0.2, -0.15) is 0 Å². The van der Waals surface area contributed by atoms with Crippen molar-refractivity contribution in [3.8, 4) is 17.2 Å². The number of fused-ring (bicyclic) bond motifs is 1. The van der Waals surface area contributed by atoms with E-state index in [0.29, 0.717) is 34.1 Å². The number of methoxy groups -OCH3 is 1. The number of benzene rings is 2. The second kappa shape index (κ2) is 7.73. The number of aliphatic hydroxyl groups excluding tert-OH is 1. The van der Waals surface area contributed by atoms with E-state index in [9.17, 15) is 14.7 Å². The molecule has 1 unspecified atom stereocenters. The van der Waals surface area contributed by atoms with Crippen molar-refractivity contribution in [3.63, 3.8) is 0 Å². The highest BCUT2D eigenvalue weighted by Gasteiger charge is 2.47. The van der Waals surface area contributed by atoms with Gasteiger partial charge in [0.2, 0.25) is 6.79 Å². The van der Waals surface area contributed by atoms with Crippen LogP contribution in [0.3, 0.4) is 0 Å². The van der Waals surface area contributed by atoms with Gasteiger partial charge in [0.05, 0.1) is 18.7 Å². The summed E-state index contributed by atoms with van der Waals surface area (Å²) >= 11 is 0. The average molecular weight is 430 g/mol. The first-order chi connectivity index (χ1) is 15.6. The minimum atomic E-state index is -0.874. The van der Waals surface area contributed by atoms with Crippen LogP contribution >= 0.6 is 0 Å². The molecule has 1 N–H and O–H groups in total. The molecule has 0 radical (unpaired) electrons. The molecule has 0 bridgehead atoms. The summed E-state index contributed by atoms with van der Waals surface area (Å²) in [5.41, 5.74) is 1.35. The SMILES string of the molecule is COc1cccc(N2C(=O)C(=O)/C(=C(\O)c3ccc4c(c3)OCO4)C2c2cccnc2)c1. The molecular formula is C24H18N2O6. The first kappa shape index (κ1) is 19.6. The lowest BCUT2D eigenvalue weighted by molar-refractivity contribution is -0.132. The molecule has 5 rings (SSSR count). The third-order valence-electron chi connectivity index (χ3n) is 5.42. The summed E-state index contributed by atoms with van der Waals surface area (Å²) in [6.07, 6.45) is 3.16. The van der Waals surface area contributed by atoms with Crippen LogP contribution in [-0.4, -0.2) is 35.7 Å². The van der Waals surface area contributed by atoms with Crippen molar-refractivity contribution in [2.45, 2.75) is 6.04 Å². The smallest absolute Gasteiger partial charge is 0.300 e. The van der Waals surface area contributed by atoms with E-state index in [-0.39, 0.29) is 18.1 Å². The fourth-order valence-corrected chi connectivity index (χ4v) is 3.91. The Balaban J connectivity index is 1.69. The number of pyridine rings is 1. The van der Waals surface area contributed by atoms with Crippen LogP contribution in [0, 0.1) is 0 Å². The van der Waals surface area contributed by atoms with Gasteiger partial charge in [0.15, 0.2) is 11.5 Å². The Morgan fingerprint density at radius 1 is 1.09 bits per heavy atom. The van der Waals surface area contributed by atoms with E-state index in [4.69, 9.17) is 14.2 Å². The summed E-state index contributed by atoms with van der Waals surface area (Å²) in [5.74, 6) is -0.326. The van der Waals surface area contributed by atoms with Crippen molar-refractivity contribution in [2.75, 3.05) is 18.8 Å². The molecule has 160 valence electrons. The third kappa shape index (κ3) is 3.13. The monoisotopic (exact) mass is 430 g/mol. The minimum Gasteiger partial charge on any atom is -0.507 e. The highest BCUT2D eigenvalue weighted by molar-refractivity contribution is 6.51. The Morgan fingerprint density at radius 3 is 2.72 bits per heavy atom. The molecule has 1 aromatic heterocycles. The van der Waals surface area contributed by atoms with Crippen molar-refractivity contribution in [2.24, 2.45) is 0 Å². The predicted molar refractivity (Wildman–Crippen MR) is 115 cm³/mol. The van der Waals surface area contributed by atoms with Crippen LogP contribution in [0.1, 0.15) is 17.2 Å². The zero-order chi connectivity index (χ0) is 22.2. The van der Waals surface area contributed by atoms with Gasteiger partial charge in [-0.1, -0.05) is 12.1 Å². The van der Waals surface area contributed by atoms with E-state index in [1.165, 1.54) is 12.0 Å². The number of Topliss-reactive ketones (excluding diaryl/α,β-unsaturated/α-hetero) is 1. The molecule has 0 spiro atoms. The lowest BCUT2D eigenvalue weighted by Crippen LogP contribution is -2.29. The maximum atomic E-state index is 13.2. The second-order valence-electron chi connectivity index (χ2n) is 7.22. The van der Waals surface area contributed by atoms with Crippen molar-refractivity contribution in [1.29, 1.82) is 0 Å². The van der Waals surface area contributed by atoms with Crippen molar-refractivity contribution in [1.82, 2.24) is 4.98 Å². The Kier molecular flexibility index (Phi) is 4.74. The molecule has 0 saturated carbocycles. The zero-order valence-electron chi connectivity index (χ0n) is 17.0. The van der Waals surface area contributed by atoms with Crippen LogP contribution < -0.4 is 19.1 Å². The molecule has 2 aliphatic heterocycles. The number of anilines is 1. The van der Waals surface area contributed by atoms with Crippen LogP contribution in [0.2, 0.25) is 0 Å². The number of aliphatic hydroxyl groups is 1. The number of rotatable bonds is 4. The van der Waals surface area contributed by atoms with Crippen LogP contribution in [-0.2, 0) is 9.59 Å². The molecule has 1 fully saturated rings. The normalized spacial score (nSPS) is 18.8. The molecule has 32 heavy (non-hydrogen) atoms. The van der Waals surface area contributed by atoms with Gasteiger partial charge in [0.1, 0.15) is 11.5 Å². The summed E-state index contributed by atoms with van der Waals surface area (Å²) < 4.78 is 16.0. The number of amides is 1. The highest BCUT2D eigenvalue weighted by Crippen LogP contribution is 2.43. The van der Waals surface area contributed by atoms with E-state index in [2.05, 4.69) is 4.98 Å². The van der Waals surface area contributed by atoms with Crippen molar-refractivity contribution in [3.05, 3.63) is 83.7 Å². The van der Waals surface area contributed by atoms with E-state index in [0.717, 1.165) is 0 Å². The second-order valence-corrected chi connectivity index (χ2v) is 7.22. The fourth-order valence-electron chi connectivity index (χ4n) is 3.91. The summed E-state index contributed by atoms with van der Waals surface area (Å²) in [6.45, 7) is 0.0788. The zero-order valence-corrected chi connectivity index (χ0v) is 17.0. The molecule has 8 nitrogen and oxygen atoms in total. The van der Waals surface area contributed by atoms with Gasteiger partial charge >= 0.3 is 0 Å². The van der Waals surface area contributed by atoms with Gasteiger partial charge < -0.3 is 19.3 Å². The number of nitrogens with zero attached hydrogens (tertiary/aromatic N) is 2. The molecule has 8 heteroatoms. The summed E-state index contributed by atoms with van der Waals surface area (Å²) in [7, 11) is 1.52. The Labute approximate surface area is 183 Å². The molecule has 1 amide bonds. The quantitative estimate of drug-likeness (QED) is 0.385.